The first kappa shape index (κ1) is 17.0. The molecule has 0 bridgehead atoms. The maximum Gasteiger partial charge on any atom is 0.259 e. The molecule has 5 heteroatoms. The molecular formula is C22H19N3O2. The number of carbonyl (C=O) groups is 2. The standard InChI is InChI=1S/C22H19N3O2/c26-21(24-15-18-11-6-7-13-23-18)20-14-17-10-4-5-12-19(17)25(20)22(27)16-8-2-1-3-9-16/h1-13,20H,14-15H2,(H,24,26)/t20-/m0/s1. The topological polar surface area (TPSA) is 62.3 Å². The Morgan fingerprint density at radius 2 is 1.70 bits per heavy atom. The SMILES string of the molecule is O=C(NCc1ccccn1)[C@@H]1Cc2ccccc2N1C(=O)c1ccccc1. The largest absolute Gasteiger partial charge is 0.349 e. The van der Waals surface area contributed by atoms with Crippen molar-refractivity contribution in [2.24, 2.45) is 0 Å². The Bertz CT molecular complexity index is 958. The predicted molar refractivity (Wildman–Crippen MR) is 103 cm³/mol. The van der Waals surface area contributed by atoms with Crippen LogP contribution >= 0.6 is 0 Å². The number of fused-ring (bicyclic) bond motifs is 1. The highest BCUT2D eigenvalue weighted by molar-refractivity contribution is 6.11. The highest BCUT2D eigenvalue weighted by Gasteiger charge is 2.38. The first-order valence-electron chi connectivity index (χ1n) is 8.88. The van der Waals surface area contributed by atoms with Crippen molar-refractivity contribution in [3.05, 3.63) is 95.8 Å². The van der Waals surface area contributed by atoms with Crippen LogP contribution in [0.1, 0.15) is 21.6 Å². The molecule has 2 aromatic carbocycles. The second-order valence-electron chi connectivity index (χ2n) is 6.43. The molecule has 1 atom stereocenters. The van der Waals surface area contributed by atoms with E-state index in [4.69, 9.17) is 0 Å². The molecule has 1 aliphatic rings. The lowest BCUT2D eigenvalue weighted by molar-refractivity contribution is -0.122. The minimum Gasteiger partial charge on any atom is -0.349 e. The molecule has 27 heavy (non-hydrogen) atoms. The van der Waals surface area contributed by atoms with E-state index in [2.05, 4.69) is 10.3 Å². The van der Waals surface area contributed by atoms with Crippen molar-refractivity contribution in [3.8, 4) is 0 Å². The van der Waals surface area contributed by atoms with E-state index >= 15 is 0 Å². The van der Waals surface area contributed by atoms with Crippen LogP contribution in [0.25, 0.3) is 0 Å². The Balaban J connectivity index is 1.59. The van der Waals surface area contributed by atoms with Gasteiger partial charge in [0.15, 0.2) is 0 Å². The zero-order chi connectivity index (χ0) is 18.6. The maximum atomic E-state index is 13.1. The van der Waals surface area contributed by atoms with Gasteiger partial charge in [0.05, 0.1) is 12.2 Å². The van der Waals surface area contributed by atoms with Crippen LogP contribution in [0.3, 0.4) is 0 Å². The van der Waals surface area contributed by atoms with Gasteiger partial charge in [-0.15, -0.1) is 0 Å². The van der Waals surface area contributed by atoms with Crippen molar-refractivity contribution in [3.63, 3.8) is 0 Å². The zero-order valence-corrected chi connectivity index (χ0v) is 14.7. The summed E-state index contributed by atoms with van der Waals surface area (Å²) >= 11 is 0. The average Bonchev–Trinajstić information content (AvgIpc) is 3.12. The fourth-order valence-corrected chi connectivity index (χ4v) is 3.36. The average molecular weight is 357 g/mol. The van der Waals surface area contributed by atoms with Gasteiger partial charge in [-0.25, -0.2) is 0 Å². The number of hydrogen-bond donors (Lipinski definition) is 1. The molecule has 5 nitrogen and oxygen atoms in total. The van der Waals surface area contributed by atoms with E-state index in [0.717, 1.165) is 16.9 Å². The fraction of sp³-hybridized carbons (Fsp3) is 0.136. The van der Waals surface area contributed by atoms with Gasteiger partial charge in [0.2, 0.25) is 5.91 Å². The first-order chi connectivity index (χ1) is 13.2. The summed E-state index contributed by atoms with van der Waals surface area (Å²) in [6.45, 7) is 0.333. The third kappa shape index (κ3) is 3.44. The number of benzene rings is 2. The lowest BCUT2D eigenvalue weighted by atomic mass is 10.1. The molecule has 0 aliphatic carbocycles. The fourth-order valence-electron chi connectivity index (χ4n) is 3.36. The van der Waals surface area contributed by atoms with Crippen molar-refractivity contribution in [2.45, 2.75) is 19.0 Å². The van der Waals surface area contributed by atoms with Crippen LogP contribution in [0.15, 0.2) is 79.0 Å². The first-order valence-corrected chi connectivity index (χ1v) is 8.88. The number of nitrogens with one attached hydrogen (secondary N) is 1. The third-order valence-corrected chi connectivity index (χ3v) is 4.69. The van der Waals surface area contributed by atoms with E-state index in [-0.39, 0.29) is 11.8 Å². The second kappa shape index (κ2) is 7.41. The van der Waals surface area contributed by atoms with Gasteiger partial charge in [-0.05, 0) is 35.9 Å². The summed E-state index contributed by atoms with van der Waals surface area (Å²) in [6, 6.07) is 21.7. The number of rotatable bonds is 4. The maximum absolute atomic E-state index is 13.1. The van der Waals surface area contributed by atoms with Crippen LogP contribution in [0, 0.1) is 0 Å². The van der Waals surface area contributed by atoms with Gasteiger partial charge in [-0.1, -0.05) is 42.5 Å². The van der Waals surface area contributed by atoms with Gasteiger partial charge >= 0.3 is 0 Å². The molecule has 134 valence electrons. The smallest absolute Gasteiger partial charge is 0.259 e. The Hall–Kier alpha value is -3.47. The number of hydrogen-bond acceptors (Lipinski definition) is 3. The molecule has 0 radical (unpaired) electrons. The minimum absolute atomic E-state index is 0.168. The molecule has 0 saturated heterocycles. The number of nitrogens with zero attached hydrogens (tertiary/aromatic N) is 2. The zero-order valence-electron chi connectivity index (χ0n) is 14.7. The summed E-state index contributed by atoms with van der Waals surface area (Å²) in [5.41, 5.74) is 3.14. The summed E-state index contributed by atoms with van der Waals surface area (Å²) in [4.78, 5) is 31.9. The van der Waals surface area contributed by atoms with Crippen LogP contribution in [-0.2, 0) is 17.8 Å². The lowest BCUT2D eigenvalue weighted by Crippen LogP contribution is -2.48. The highest BCUT2D eigenvalue weighted by atomic mass is 16.2. The van der Waals surface area contributed by atoms with Gasteiger partial charge in [0.1, 0.15) is 6.04 Å². The van der Waals surface area contributed by atoms with Gasteiger partial charge < -0.3 is 5.32 Å². The van der Waals surface area contributed by atoms with Crippen LogP contribution in [0.4, 0.5) is 5.69 Å². The van der Waals surface area contributed by atoms with E-state index in [1.807, 2.05) is 60.7 Å². The Morgan fingerprint density at radius 3 is 2.48 bits per heavy atom. The Labute approximate surface area is 157 Å². The van der Waals surface area contributed by atoms with Crippen LogP contribution in [0.2, 0.25) is 0 Å². The molecule has 1 N–H and O–H groups in total. The molecule has 3 aromatic rings. The van der Waals surface area contributed by atoms with Crippen molar-refractivity contribution in [2.75, 3.05) is 4.90 Å². The molecule has 1 aliphatic heterocycles. The van der Waals surface area contributed by atoms with Crippen molar-refractivity contribution >= 4 is 17.5 Å². The quantitative estimate of drug-likeness (QED) is 0.781. The number of amides is 2. The van der Waals surface area contributed by atoms with Gasteiger partial charge in [-0.2, -0.15) is 0 Å². The van der Waals surface area contributed by atoms with Crippen LogP contribution in [0.5, 0.6) is 0 Å². The van der Waals surface area contributed by atoms with E-state index < -0.39 is 6.04 Å². The number of anilines is 1. The second-order valence-corrected chi connectivity index (χ2v) is 6.43. The molecule has 0 fully saturated rings. The summed E-state index contributed by atoms with van der Waals surface area (Å²) in [5.74, 6) is -0.348. The summed E-state index contributed by atoms with van der Waals surface area (Å²) in [6.07, 6.45) is 2.20. The molecule has 0 spiro atoms. The number of aromatic nitrogens is 1. The molecule has 4 rings (SSSR count). The normalized spacial score (nSPS) is 15.3. The molecule has 2 amide bonds. The van der Waals surface area contributed by atoms with Crippen molar-refractivity contribution in [1.29, 1.82) is 0 Å². The van der Waals surface area contributed by atoms with E-state index in [1.165, 1.54) is 0 Å². The van der Waals surface area contributed by atoms with Crippen molar-refractivity contribution in [1.82, 2.24) is 10.3 Å². The highest BCUT2D eigenvalue weighted by Crippen LogP contribution is 2.33. The number of para-hydroxylation sites is 1. The Kier molecular flexibility index (Phi) is 4.66. The van der Waals surface area contributed by atoms with Gasteiger partial charge in [0, 0.05) is 23.9 Å². The van der Waals surface area contributed by atoms with Crippen LogP contribution in [-0.4, -0.2) is 22.8 Å². The summed E-state index contributed by atoms with van der Waals surface area (Å²) < 4.78 is 0. The summed E-state index contributed by atoms with van der Waals surface area (Å²) in [7, 11) is 0. The number of carbonyl (C=O) groups excluding carboxylic acids is 2. The monoisotopic (exact) mass is 357 g/mol. The minimum atomic E-state index is -0.571. The predicted octanol–water partition coefficient (Wildman–Crippen LogP) is 2.97. The molecule has 1 aromatic heterocycles. The Morgan fingerprint density at radius 1 is 0.963 bits per heavy atom. The van der Waals surface area contributed by atoms with Crippen LogP contribution < -0.4 is 10.2 Å². The lowest BCUT2D eigenvalue weighted by Gasteiger charge is -2.25. The molecule has 2 heterocycles. The third-order valence-electron chi connectivity index (χ3n) is 4.69. The molecule has 0 saturated carbocycles. The molecular weight excluding hydrogens is 338 g/mol. The van der Waals surface area contributed by atoms with E-state index in [0.29, 0.717) is 18.5 Å². The van der Waals surface area contributed by atoms with E-state index in [9.17, 15) is 9.59 Å². The number of pyridine rings is 1. The van der Waals surface area contributed by atoms with Gasteiger partial charge in [-0.3, -0.25) is 19.5 Å². The summed E-state index contributed by atoms with van der Waals surface area (Å²) in [5, 5.41) is 2.92. The van der Waals surface area contributed by atoms with Crippen molar-refractivity contribution < 1.29 is 9.59 Å². The van der Waals surface area contributed by atoms with E-state index in [1.54, 1.807) is 23.2 Å². The van der Waals surface area contributed by atoms with Gasteiger partial charge in [0.25, 0.3) is 5.91 Å². The molecule has 0 unspecified atom stereocenters.